The van der Waals surface area contributed by atoms with Crippen LogP contribution in [0.2, 0.25) is 0 Å². The molecule has 0 bridgehead atoms. The standard InChI is InChI=1S/C14H16N2S2/c17-11-15-9-3-7-13-5-1-2-6-14(13)8-4-10-16-12-18/h1-2,5-6H,3-4,7-10H2. The van der Waals surface area contributed by atoms with Crippen molar-refractivity contribution in [2.75, 3.05) is 13.1 Å². The van der Waals surface area contributed by atoms with Crippen LogP contribution in [0.25, 0.3) is 0 Å². The Labute approximate surface area is 119 Å². The van der Waals surface area contributed by atoms with Crippen LogP contribution in [0.15, 0.2) is 34.3 Å². The molecule has 1 rings (SSSR count). The quantitative estimate of drug-likeness (QED) is 0.410. The Balaban J connectivity index is 2.50. The summed E-state index contributed by atoms with van der Waals surface area (Å²) in [7, 11) is 0. The molecule has 0 saturated heterocycles. The highest BCUT2D eigenvalue weighted by molar-refractivity contribution is 7.78. The number of nitrogens with zero attached hydrogens (tertiary/aromatic N) is 2. The third-order valence-corrected chi connectivity index (χ3v) is 2.94. The molecule has 18 heavy (non-hydrogen) atoms. The number of hydrogen-bond acceptors (Lipinski definition) is 4. The molecule has 0 spiro atoms. The first-order chi connectivity index (χ1) is 8.88. The molecule has 0 radical (unpaired) electrons. The minimum absolute atomic E-state index is 0.757. The lowest BCUT2D eigenvalue weighted by Crippen LogP contribution is -1.97. The van der Waals surface area contributed by atoms with Crippen LogP contribution in [-0.2, 0) is 12.8 Å². The second kappa shape index (κ2) is 9.81. The lowest BCUT2D eigenvalue weighted by atomic mass is 9.99. The minimum Gasteiger partial charge on any atom is -0.233 e. The molecule has 0 aliphatic rings. The van der Waals surface area contributed by atoms with E-state index in [1.807, 2.05) is 0 Å². The summed E-state index contributed by atoms with van der Waals surface area (Å²) in [6.07, 6.45) is 4.09. The largest absolute Gasteiger partial charge is 0.233 e. The molecule has 0 atom stereocenters. The number of hydrogen-bond donors (Lipinski definition) is 0. The zero-order valence-electron chi connectivity index (χ0n) is 10.3. The fraction of sp³-hybridized carbons (Fsp3) is 0.429. The number of isothiocyanates is 2. The number of rotatable bonds is 8. The number of aryl methyl sites for hydroxylation is 2. The van der Waals surface area contributed by atoms with Crippen LogP contribution in [0.1, 0.15) is 24.0 Å². The Bertz CT molecular complexity index is 416. The Hall–Kier alpha value is -1.18. The van der Waals surface area contributed by atoms with Crippen molar-refractivity contribution >= 4 is 34.8 Å². The molecule has 0 aromatic heterocycles. The second-order valence-corrected chi connectivity index (χ2v) is 4.29. The van der Waals surface area contributed by atoms with E-state index in [0.29, 0.717) is 0 Å². The third-order valence-electron chi connectivity index (χ3n) is 2.68. The molecule has 0 N–H and O–H groups in total. The van der Waals surface area contributed by atoms with Crippen LogP contribution < -0.4 is 0 Å². The first kappa shape index (κ1) is 14.9. The van der Waals surface area contributed by atoms with Crippen molar-refractivity contribution in [1.29, 1.82) is 0 Å². The van der Waals surface area contributed by atoms with Gasteiger partial charge < -0.3 is 0 Å². The Morgan fingerprint density at radius 3 is 1.67 bits per heavy atom. The van der Waals surface area contributed by atoms with Crippen molar-refractivity contribution in [2.24, 2.45) is 9.98 Å². The van der Waals surface area contributed by atoms with Crippen molar-refractivity contribution < 1.29 is 0 Å². The van der Waals surface area contributed by atoms with Gasteiger partial charge in [-0.05, 0) is 61.2 Å². The normalized spacial score (nSPS) is 9.33. The first-order valence-corrected chi connectivity index (χ1v) is 6.84. The van der Waals surface area contributed by atoms with Gasteiger partial charge in [0.2, 0.25) is 0 Å². The van der Waals surface area contributed by atoms with Crippen LogP contribution >= 0.6 is 24.4 Å². The molecule has 0 heterocycles. The van der Waals surface area contributed by atoms with E-state index in [2.05, 4.69) is 69.0 Å². The monoisotopic (exact) mass is 276 g/mol. The van der Waals surface area contributed by atoms with E-state index >= 15 is 0 Å². The molecule has 2 nitrogen and oxygen atoms in total. The van der Waals surface area contributed by atoms with E-state index in [1.165, 1.54) is 11.1 Å². The van der Waals surface area contributed by atoms with Crippen molar-refractivity contribution in [2.45, 2.75) is 25.7 Å². The lowest BCUT2D eigenvalue weighted by molar-refractivity contribution is 0.795. The van der Waals surface area contributed by atoms with Crippen LogP contribution in [0.5, 0.6) is 0 Å². The average Bonchev–Trinajstić information content (AvgIpc) is 2.41. The average molecular weight is 276 g/mol. The topological polar surface area (TPSA) is 24.7 Å². The molecule has 1 aromatic rings. The molecule has 0 unspecified atom stereocenters. The summed E-state index contributed by atoms with van der Waals surface area (Å²) in [6, 6.07) is 8.52. The molecule has 0 saturated carbocycles. The van der Waals surface area contributed by atoms with Crippen LogP contribution in [0.3, 0.4) is 0 Å². The predicted molar refractivity (Wildman–Crippen MR) is 82.9 cm³/mol. The van der Waals surface area contributed by atoms with E-state index in [1.54, 1.807) is 0 Å². The van der Waals surface area contributed by atoms with Crippen molar-refractivity contribution in [3.05, 3.63) is 35.4 Å². The van der Waals surface area contributed by atoms with Crippen LogP contribution in [0, 0.1) is 0 Å². The van der Waals surface area contributed by atoms with Crippen molar-refractivity contribution in [3.8, 4) is 0 Å². The summed E-state index contributed by atoms with van der Waals surface area (Å²) in [6.45, 7) is 1.51. The molecule has 0 aliphatic carbocycles. The number of benzene rings is 1. The van der Waals surface area contributed by atoms with Gasteiger partial charge in [-0.3, -0.25) is 0 Å². The highest BCUT2D eigenvalue weighted by Gasteiger charge is 2.01. The summed E-state index contributed by atoms with van der Waals surface area (Å²) in [5.41, 5.74) is 2.78. The number of thiocarbonyl (C=S) groups is 2. The van der Waals surface area contributed by atoms with E-state index in [-0.39, 0.29) is 0 Å². The van der Waals surface area contributed by atoms with Crippen molar-refractivity contribution in [3.63, 3.8) is 0 Å². The summed E-state index contributed by atoms with van der Waals surface area (Å²) in [5.74, 6) is 0. The maximum absolute atomic E-state index is 4.55. The minimum atomic E-state index is 0.757. The molecule has 4 heteroatoms. The Kier molecular flexibility index (Phi) is 8.11. The SMILES string of the molecule is S=C=NCCCc1ccccc1CCCN=C=S. The molecule has 0 aliphatic heterocycles. The highest BCUT2D eigenvalue weighted by atomic mass is 32.1. The fourth-order valence-corrected chi connectivity index (χ4v) is 2.02. The maximum Gasteiger partial charge on any atom is 0.0584 e. The Morgan fingerprint density at radius 1 is 0.833 bits per heavy atom. The molecule has 94 valence electrons. The molecule has 1 aromatic carbocycles. The molecular weight excluding hydrogens is 260 g/mol. The smallest absolute Gasteiger partial charge is 0.0584 e. The van der Waals surface area contributed by atoms with E-state index in [9.17, 15) is 0 Å². The van der Waals surface area contributed by atoms with Gasteiger partial charge in [-0.25, -0.2) is 9.98 Å². The van der Waals surface area contributed by atoms with Gasteiger partial charge in [-0.1, -0.05) is 24.3 Å². The molecular formula is C14H16N2S2. The van der Waals surface area contributed by atoms with Crippen LogP contribution in [0.4, 0.5) is 0 Å². The molecule has 0 amide bonds. The summed E-state index contributed by atoms with van der Waals surface area (Å²) in [4.78, 5) is 7.87. The van der Waals surface area contributed by atoms with E-state index < -0.39 is 0 Å². The summed E-state index contributed by atoms with van der Waals surface area (Å²) >= 11 is 9.10. The van der Waals surface area contributed by atoms with Gasteiger partial charge >= 0.3 is 0 Å². The van der Waals surface area contributed by atoms with Crippen molar-refractivity contribution in [1.82, 2.24) is 0 Å². The lowest BCUT2D eigenvalue weighted by Gasteiger charge is -2.07. The zero-order valence-corrected chi connectivity index (χ0v) is 11.9. The second-order valence-electron chi connectivity index (χ2n) is 3.92. The summed E-state index contributed by atoms with van der Waals surface area (Å²) < 4.78 is 0. The van der Waals surface area contributed by atoms with E-state index in [0.717, 1.165) is 38.8 Å². The summed E-state index contributed by atoms with van der Waals surface area (Å²) in [5, 5.41) is 4.79. The Morgan fingerprint density at radius 2 is 1.28 bits per heavy atom. The van der Waals surface area contributed by atoms with Gasteiger partial charge in [0, 0.05) is 13.1 Å². The van der Waals surface area contributed by atoms with Crippen LogP contribution in [-0.4, -0.2) is 23.4 Å². The predicted octanol–water partition coefficient (Wildman–Crippen LogP) is 3.76. The zero-order chi connectivity index (χ0) is 13.1. The van der Waals surface area contributed by atoms with Gasteiger partial charge in [0.1, 0.15) is 0 Å². The van der Waals surface area contributed by atoms with Gasteiger partial charge in [0.05, 0.1) is 10.3 Å². The number of aliphatic imine (C=N–C) groups is 2. The van der Waals surface area contributed by atoms with Gasteiger partial charge in [-0.2, -0.15) is 0 Å². The first-order valence-electron chi connectivity index (χ1n) is 6.02. The van der Waals surface area contributed by atoms with E-state index in [4.69, 9.17) is 0 Å². The third kappa shape index (κ3) is 5.95. The van der Waals surface area contributed by atoms with Gasteiger partial charge in [0.25, 0.3) is 0 Å². The fourth-order valence-electron chi connectivity index (χ4n) is 1.83. The molecule has 0 fully saturated rings. The van der Waals surface area contributed by atoms with Gasteiger partial charge in [-0.15, -0.1) is 0 Å². The maximum atomic E-state index is 4.55. The van der Waals surface area contributed by atoms with Gasteiger partial charge in [0.15, 0.2) is 0 Å². The highest BCUT2D eigenvalue weighted by Crippen LogP contribution is 2.13.